The molecule has 1 amide bonds. The van der Waals surface area contributed by atoms with Crippen LogP contribution in [0, 0.1) is 0 Å². The zero-order valence-corrected chi connectivity index (χ0v) is 16.3. The molecule has 2 aromatic carbocycles. The molecule has 1 aliphatic rings. The minimum atomic E-state index is -3.33. The minimum absolute atomic E-state index is 0.00912. The number of carbonyl (C=O) groups excluding carboxylic acids is 1. The first-order valence-electron chi connectivity index (χ1n) is 9.05. The lowest BCUT2D eigenvalue weighted by atomic mass is 10.0. The molecule has 4 aromatic rings. The first-order chi connectivity index (χ1) is 13.9. The van der Waals surface area contributed by atoms with Gasteiger partial charge in [0, 0.05) is 41.0 Å². The van der Waals surface area contributed by atoms with E-state index in [0.717, 1.165) is 28.7 Å². The number of benzene rings is 2. The van der Waals surface area contributed by atoms with Crippen LogP contribution in [0.1, 0.15) is 12.0 Å². The molecule has 0 atom stereocenters. The third kappa shape index (κ3) is 3.09. The summed E-state index contributed by atoms with van der Waals surface area (Å²) in [4.78, 5) is 16.6. The van der Waals surface area contributed by atoms with Crippen LogP contribution in [0.25, 0.3) is 21.8 Å². The van der Waals surface area contributed by atoms with Gasteiger partial charge in [0.05, 0.1) is 10.4 Å². The highest BCUT2D eigenvalue weighted by Crippen LogP contribution is 2.32. The van der Waals surface area contributed by atoms with Gasteiger partial charge in [-0.2, -0.15) is 5.10 Å². The second-order valence-electron chi connectivity index (χ2n) is 7.10. The van der Waals surface area contributed by atoms with Gasteiger partial charge in [0.25, 0.3) is 0 Å². The predicted octanol–water partition coefficient (Wildman–Crippen LogP) is 3.14. The van der Waals surface area contributed by atoms with Gasteiger partial charge in [-0.3, -0.25) is 9.89 Å². The molecule has 0 unspecified atom stereocenters. The van der Waals surface area contributed by atoms with Gasteiger partial charge in [-0.05, 0) is 42.3 Å². The van der Waals surface area contributed by atoms with Gasteiger partial charge in [-0.25, -0.2) is 13.4 Å². The number of H-pyrrole nitrogens is 1. The normalized spacial score (nSPS) is 14.0. The molecule has 29 heavy (non-hydrogen) atoms. The number of hydrogen-bond acceptors (Lipinski definition) is 6. The quantitative estimate of drug-likeness (QED) is 0.480. The maximum atomic E-state index is 11.9. The molecule has 1 aliphatic heterocycles. The standard InChI is InChI=1S/C20H17N5O3S/c1-29(27,28)13-5-6-16-14(9-13)15-10-21-25-19(15)20(24-16)22-12-4-2-11-3-7-18(26)23-17(11)8-12/h2,4-6,8-10H,3,7H2,1H3,(H,21,25)(H,22,24)(H,23,26). The van der Waals surface area contributed by atoms with Crippen LogP contribution in [-0.4, -0.2) is 35.8 Å². The summed E-state index contributed by atoms with van der Waals surface area (Å²) in [6.45, 7) is 0. The Labute approximate surface area is 166 Å². The Morgan fingerprint density at radius 1 is 1.07 bits per heavy atom. The number of hydrogen-bond donors (Lipinski definition) is 3. The van der Waals surface area contributed by atoms with E-state index in [1.165, 1.54) is 6.26 Å². The van der Waals surface area contributed by atoms with Gasteiger partial charge in [0.1, 0.15) is 5.52 Å². The smallest absolute Gasteiger partial charge is 0.224 e. The number of aromatic nitrogens is 3. The number of fused-ring (bicyclic) bond motifs is 4. The molecule has 0 bridgehead atoms. The van der Waals surface area contributed by atoms with Gasteiger partial charge in [-0.15, -0.1) is 0 Å². The summed E-state index contributed by atoms with van der Waals surface area (Å²) in [5, 5.41) is 14.8. The fourth-order valence-corrected chi connectivity index (χ4v) is 4.23. The molecule has 2 aromatic heterocycles. The van der Waals surface area contributed by atoms with E-state index in [4.69, 9.17) is 0 Å². The van der Waals surface area contributed by atoms with Crippen molar-refractivity contribution in [2.24, 2.45) is 0 Å². The van der Waals surface area contributed by atoms with Crippen LogP contribution in [0.4, 0.5) is 17.2 Å². The Hall–Kier alpha value is -3.46. The SMILES string of the molecule is CS(=O)(=O)c1ccc2nc(Nc3ccc4c(c3)NC(=O)CC4)c3n[nH]cc3c2c1. The summed E-state index contributed by atoms with van der Waals surface area (Å²) in [7, 11) is -3.33. The lowest BCUT2D eigenvalue weighted by molar-refractivity contribution is -0.116. The molecular formula is C20H17N5O3S. The van der Waals surface area contributed by atoms with Gasteiger partial charge in [0.2, 0.25) is 5.91 Å². The van der Waals surface area contributed by atoms with E-state index in [2.05, 4.69) is 25.8 Å². The van der Waals surface area contributed by atoms with Crippen molar-refractivity contribution in [3.63, 3.8) is 0 Å². The van der Waals surface area contributed by atoms with E-state index in [1.54, 1.807) is 24.4 Å². The molecule has 3 N–H and O–H groups in total. The van der Waals surface area contributed by atoms with Crippen LogP contribution in [0.2, 0.25) is 0 Å². The zero-order valence-electron chi connectivity index (χ0n) is 15.5. The highest BCUT2D eigenvalue weighted by Gasteiger charge is 2.17. The lowest BCUT2D eigenvalue weighted by Gasteiger charge is -2.18. The van der Waals surface area contributed by atoms with E-state index in [-0.39, 0.29) is 10.8 Å². The first kappa shape index (κ1) is 17.6. The predicted molar refractivity (Wildman–Crippen MR) is 111 cm³/mol. The third-order valence-electron chi connectivity index (χ3n) is 5.05. The molecule has 0 fully saturated rings. The Morgan fingerprint density at radius 2 is 1.93 bits per heavy atom. The summed E-state index contributed by atoms with van der Waals surface area (Å²) in [6, 6.07) is 10.7. The van der Waals surface area contributed by atoms with Crippen LogP contribution < -0.4 is 10.6 Å². The van der Waals surface area contributed by atoms with Crippen LogP contribution >= 0.6 is 0 Å². The summed E-state index contributed by atoms with van der Waals surface area (Å²) in [5.74, 6) is 0.554. The average molecular weight is 407 g/mol. The van der Waals surface area contributed by atoms with Gasteiger partial charge in [0.15, 0.2) is 15.7 Å². The number of anilines is 3. The number of pyridine rings is 1. The Bertz CT molecular complexity index is 1410. The highest BCUT2D eigenvalue weighted by molar-refractivity contribution is 7.90. The van der Waals surface area contributed by atoms with Crippen molar-refractivity contribution in [1.82, 2.24) is 15.2 Å². The topological polar surface area (TPSA) is 117 Å². The number of amides is 1. The van der Waals surface area contributed by atoms with E-state index >= 15 is 0 Å². The molecule has 9 heteroatoms. The largest absolute Gasteiger partial charge is 0.338 e. The molecule has 3 heterocycles. The maximum Gasteiger partial charge on any atom is 0.224 e. The van der Waals surface area contributed by atoms with Crippen LogP contribution in [0.5, 0.6) is 0 Å². The fraction of sp³-hybridized carbons (Fsp3) is 0.150. The Kier molecular flexibility index (Phi) is 3.82. The minimum Gasteiger partial charge on any atom is -0.338 e. The number of nitrogens with one attached hydrogen (secondary N) is 3. The third-order valence-corrected chi connectivity index (χ3v) is 6.16. The average Bonchev–Trinajstić information content (AvgIpc) is 3.17. The van der Waals surface area contributed by atoms with Gasteiger partial charge >= 0.3 is 0 Å². The van der Waals surface area contributed by atoms with Crippen LogP contribution in [0.3, 0.4) is 0 Å². The van der Waals surface area contributed by atoms with Crippen molar-refractivity contribution in [2.45, 2.75) is 17.7 Å². The number of aryl methyl sites for hydroxylation is 1. The summed E-state index contributed by atoms with van der Waals surface area (Å²) < 4.78 is 23.8. The molecule has 0 saturated carbocycles. The molecule has 146 valence electrons. The van der Waals surface area contributed by atoms with Crippen molar-refractivity contribution in [3.8, 4) is 0 Å². The Balaban J connectivity index is 1.61. The van der Waals surface area contributed by atoms with Gasteiger partial charge < -0.3 is 10.6 Å². The number of sulfone groups is 1. The molecule has 0 aliphatic carbocycles. The number of carbonyl (C=O) groups is 1. The van der Waals surface area contributed by atoms with Crippen molar-refractivity contribution >= 4 is 54.7 Å². The van der Waals surface area contributed by atoms with Crippen molar-refractivity contribution in [3.05, 3.63) is 48.2 Å². The second-order valence-corrected chi connectivity index (χ2v) is 9.12. The van der Waals surface area contributed by atoms with E-state index in [1.807, 2.05) is 18.2 Å². The van der Waals surface area contributed by atoms with Crippen LogP contribution in [0.15, 0.2) is 47.5 Å². The number of rotatable bonds is 3. The summed E-state index contributed by atoms with van der Waals surface area (Å²) >= 11 is 0. The van der Waals surface area contributed by atoms with Crippen LogP contribution in [-0.2, 0) is 21.1 Å². The van der Waals surface area contributed by atoms with Gasteiger partial charge in [-0.1, -0.05) is 6.07 Å². The van der Waals surface area contributed by atoms with E-state index < -0.39 is 9.84 Å². The van der Waals surface area contributed by atoms with E-state index in [9.17, 15) is 13.2 Å². The second kappa shape index (κ2) is 6.28. The lowest BCUT2D eigenvalue weighted by Crippen LogP contribution is -2.18. The molecular weight excluding hydrogens is 390 g/mol. The zero-order chi connectivity index (χ0) is 20.2. The van der Waals surface area contributed by atoms with Crippen molar-refractivity contribution < 1.29 is 13.2 Å². The van der Waals surface area contributed by atoms with Crippen molar-refractivity contribution in [2.75, 3.05) is 16.9 Å². The number of nitrogens with zero attached hydrogens (tertiary/aromatic N) is 2. The maximum absolute atomic E-state index is 11.9. The molecule has 8 nitrogen and oxygen atoms in total. The first-order valence-corrected chi connectivity index (χ1v) is 10.9. The molecule has 0 radical (unpaired) electrons. The van der Waals surface area contributed by atoms with Crippen molar-refractivity contribution in [1.29, 1.82) is 0 Å². The Morgan fingerprint density at radius 3 is 2.76 bits per heavy atom. The fourth-order valence-electron chi connectivity index (χ4n) is 3.58. The monoisotopic (exact) mass is 407 g/mol. The molecule has 0 saturated heterocycles. The summed E-state index contributed by atoms with van der Waals surface area (Å²) in [6.07, 6.45) is 4.12. The molecule has 5 rings (SSSR count). The summed E-state index contributed by atoms with van der Waals surface area (Å²) in [5.41, 5.74) is 3.92. The highest BCUT2D eigenvalue weighted by atomic mass is 32.2. The van der Waals surface area contributed by atoms with E-state index in [0.29, 0.717) is 28.7 Å². The number of aromatic amines is 1. The molecule has 0 spiro atoms.